The molecule has 0 unspecified atom stereocenters. The van der Waals surface area contributed by atoms with E-state index in [0.29, 0.717) is 13.6 Å². The number of non-ortho nitro benzene ring substituents is 1. The molecule has 0 fully saturated rings. The molecule has 0 aliphatic rings. The average molecular weight is 479 g/mol. The van der Waals surface area contributed by atoms with Crippen molar-refractivity contribution < 1.29 is 14.1 Å². The summed E-state index contributed by atoms with van der Waals surface area (Å²) < 4.78 is 14.5. The predicted molar refractivity (Wildman–Crippen MR) is 91.1 cm³/mol. The maximum Gasteiger partial charge on any atom is 0.270 e. The number of nitrogens with one attached hydrogen (secondary N) is 1. The van der Waals surface area contributed by atoms with Crippen LogP contribution in [0.3, 0.4) is 0 Å². The van der Waals surface area contributed by atoms with Crippen LogP contribution in [0, 0.1) is 19.5 Å². The van der Waals surface area contributed by atoms with Gasteiger partial charge in [0.25, 0.3) is 11.6 Å². The van der Waals surface area contributed by atoms with E-state index in [1.165, 1.54) is 30.3 Å². The normalized spacial score (nSPS) is 10.3. The van der Waals surface area contributed by atoms with Crippen molar-refractivity contribution in [2.24, 2.45) is 0 Å². The molecule has 2 rings (SSSR count). The summed E-state index contributed by atoms with van der Waals surface area (Å²) in [6, 6.07) is 8.22. The molecule has 5 nitrogen and oxygen atoms in total. The van der Waals surface area contributed by atoms with Crippen LogP contribution in [0.25, 0.3) is 0 Å². The molecule has 0 aliphatic carbocycles. The molecule has 1 N–H and O–H groups in total. The van der Waals surface area contributed by atoms with E-state index in [4.69, 9.17) is 0 Å². The topological polar surface area (TPSA) is 72.2 Å². The lowest BCUT2D eigenvalue weighted by Gasteiger charge is -2.08. The second kappa shape index (κ2) is 7.14. The van der Waals surface area contributed by atoms with Gasteiger partial charge in [-0.2, -0.15) is 0 Å². The summed E-state index contributed by atoms with van der Waals surface area (Å²) in [4.78, 5) is 22.4. The van der Waals surface area contributed by atoms with Crippen LogP contribution >= 0.6 is 38.5 Å². The highest BCUT2D eigenvalue weighted by Gasteiger charge is 2.15. The number of benzene rings is 2. The average Bonchev–Trinajstić information content (AvgIpc) is 2.48. The van der Waals surface area contributed by atoms with E-state index in [1.807, 2.05) is 22.6 Å². The Labute approximate surface area is 147 Å². The van der Waals surface area contributed by atoms with Crippen LogP contribution in [-0.4, -0.2) is 10.8 Å². The van der Waals surface area contributed by atoms with Gasteiger partial charge in [0, 0.05) is 26.7 Å². The van der Waals surface area contributed by atoms with Gasteiger partial charge in [-0.1, -0.05) is 15.9 Å². The summed E-state index contributed by atoms with van der Waals surface area (Å²) in [5.41, 5.74) is 0.633. The van der Waals surface area contributed by atoms with Crippen molar-refractivity contribution in [3.8, 4) is 0 Å². The summed E-state index contributed by atoms with van der Waals surface area (Å²) in [5.74, 6) is -0.860. The highest BCUT2D eigenvalue weighted by Crippen LogP contribution is 2.21. The van der Waals surface area contributed by atoms with E-state index in [9.17, 15) is 19.3 Å². The lowest BCUT2D eigenvalue weighted by Crippen LogP contribution is -2.24. The number of rotatable bonds is 4. The number of halogens is 3. The number of nitrogens with zero attached hydrogens (tertiary/aromatic N) is 1. The Morgan fingerprint density at radius 3 is 2.73 bits per heavy atom. The molecule has 22 heavy (non-hydrogen) atoms. The minimum atomic E-state index is -0.560. The van der Waals surface area contributed by atoms with Gasteiger partial charge in [-0.25, -0.2) is 4.39 Å². The molecule has 0 atom stereocenters. The summed E-state index contributed by atoms with van der Waals surface area (Å²) in [6.45, 7) is 0.107. The third-order valence-electron chi connectivity index (χ3n) is 2.85. The maximum absolute atomic E-state index is 13.2. The van der Waals surface area contributed by atoms with Gasteiger partial charge in [-0.15, -0.1) is 0 Å². The van der Waals surface area contributed by atoms with Crippen molar-refractivity contribution >= 4 is 50.1 Å². The smallest absolute Gasteiger partial charge is 0.270 e. The molecule has 0 aliphatic heterocycles. The molecular formula is C14H9BrFIN2O3. The van der Waals surface area contributed by atoms with Crippen molar-refractivity contribution in [1.82, 2.24) is 5.32 Å². The van der Waals surface area contributed by atoms with Gasteiger partial charge in [-0.3, -0.25) is 14.9 Å². The van der Waals surface area contributed by atoms with Crippen LogP contribution in [-0.2, 0) is 6.54 Å². The van der Waals surface area contributed by atoms with Crippen molar-refractivity contribution in [2.45, 2.75) is 6.54 Å². The lowest BCUT2D eigenvalue weighted by atomic mass is 10.1. The van der Waals surface area contributed by atoms with Gasteiger partial charge in [0.1, 0.15) is 5.82 Å². The fraction of sp³-hybridized carbons (Fsp3) is 0.0714. The molecule has 0 saturated carbocycles. The van der Waals surface area contributed by atoms with Crippen molar-refractivity contribution in [2.75, 3.05) is 0 Å². The minimum absolute atomic E-state index is 0.107. The Bertz CT molecular complexity index is 755. The first-order valence-electron chi connectivity index (χ1n) is 6.04. The summed E-state index contributed by atoms with van der Waals surface area (Å²) in [7, 11) is 0. The number of carbonyl (C=O) groups is 1. The van der Waals surface area contributed by atoms with Crippen molar-refractivity contribution in [1.29, 1.82) is 0 Å². The Balaban J connectivity index is 2.17. The number of hydrogen-bond donors (Lipinski definition) is 1. The molecule has 0 aromatic heterocycles. The zero-order valence-electron chi connectivity index (χ0n) is 11.0. The monoisotopic (exact) mass is 478 g/mol. The molecule has 1 amide bonds. The van der Waals surface area contributed by atoms with E-state index < -0.39 is 16.6 Å². The van der Waals surface area contributed by atoms with Crippen LogP contribution in [0.5, 0.6) is 0 Å². The van der Waals surface area contributed by atoms with Gasteiger partial charge in [0.15, 0.2) is 0 Å². The largest absolute Gasteiger partial charge is 0.348 e. The second-order valence-corrected chi connectivity index (χ2v) is 6.36. The molecule has 0 heterocycles. The van der Waals surface area contributed by atoms with Crippen LogP contribution in [0.15, 0.2) is 40.9 Å². The first kappa shape index (κ1) is 16.8. The molecule has 8 heteroatoms. The van der Waals surface area contributed by atoms with Crippen LogP contribution < -0.4 is 5.32 Å². The predicted octanol–water partition coefficient (Wildman–Crippen LogP) is 4.03. The quantitative estimate of drug-likeness (QED) is 0.409. The lowest BCUT2D eigenvalue weighted by molar-refractivity contribution is -0.384. The number of carbonyl (C=O) groups excluding carboxylic acids is 1. The fourth-order valence-corrected chi connectivity index (χ4v) is 2.72. The number of nitro groups is 1. The summed E-state index contributed by atoms with van der Waals surface area (Å²) in [6.07, 6.45) is 0. The Kier molecular flexibility index (Phi) is 5.46. The fourth-order valence-electron chi connectivity index (χ4n) is 1.75. The first-order chi connectivity index (χ1) is 10.4. The van der Waals surface area contributed by atoms with Gasteiger partial charge in [0.05, 0.1) is 10.5 Å². The Hall–Kier alpha value is -1.55. The molecule has 2 aromatic carbocycles. The zero-order chi connectivity index (χ0) is 16.3. The van der Waals surface area contributed by atoms with Gasteiger partial charge in [-0.05, 0) is 52.4 Å². The number of nitro benzene ring substituents is 1. The van der Waals surface area contributed by atoms with Crippen molar-refractivity contribution in [3.63, 3.8) is 0 Å². The highest BCUT2D eigenvalue weighted by atomic mass is 127. The van der Waals surface area contributed by atoms with E-state index in [0.717, 1.165) is 0 Å². The number of hydrogen-bond acceptors (Lipinski definition) is 3. The van der Waals surface area contributed by atoms with Gasteiger partial charge in [0.2, 0.25) is 0 Å². The summed E-state index contributed by atoms with van der Waals surface area (Å²) >= 11 is 5.20. The molecule has 0 bridgehead atoms. The third-order valence-corrected chi connectivity index (χ3v) is 4.57. The molecular weight excluding hydrogens is 470 g/mol. The maximum atomic E-state index is 13.2. The first-order valence-corrected chi connectivity index (χ1v) is 7.91. The second-order valence-electron chi connectivity index (χ2n) is 4.34. The minimum Gasteiger partial charge on any atom is -0.348 e. The molecule has 0 spiro atoms. The third kappa shape index (κ3) is 4.01. The Morgan fingerprint density at radius 2 is 2.05 bits per heavy atom. The summed E-state index contributed by atoms with van der Waals surface area (Å²) in [5, 5.41) is 13.4. The zero-order valence-corrected chi connectivity index (χ0v) is 14.7. The van der Waals surface area contributed by atoms with E-state index >= 15 is 0 Å². The SMILES string of the molecule is O=C(NCc1cc(F)ccc1Br)c1cc([N+](=O)[O-])ccc1I. The van der Waals surface area contributed by atoms with E-state index in [2.05, 4.69) is 21.2 Å². The van der Waals surface area contributed by atoms with Gasteiger partial charge < -0.3 is 5.32 Å². The molecule has 0 saturated heterocycles. The van der Waals surface area contributed by atoms with Crippen molar-refractivity contribution in [3.05, 3.63) is 71.5 Å². The van der Waals surface area contributed by atoms with Gasteiger partial charge >= 0.3 is 0 Å². The molecule has 0 radical (unpaired) electrons. The number of amides is 1. The van der Waals surface area contributed by atoms with E-state index in [1.54, 1.807) is 6.07 Å². The van der Waals surface area contributed by atoms with Crippen LogP contribution in [0.1, 0.15) is 15.9 Å². The molecule has 2 aromatic rings. The highest BCUT2D eigenvalue weighted by molar-refractivity contribution is 14.1. The standard InChI is InChI=1S/C14H9BrFIN2O3/c15-12-3-1-9(16)5-8(12)7-18-14(20)11-6-10(19(21)22)2-4-13(11)17/h1-6H,7H2,(H,18,20). The molecule has 114 valence electrons. The van der Waals surface area contributed by atoms with Crippen LogP contribution in [0.2, 0.25) is 0 Å². The van der Waals surface area contributed by atoms with E-state index in [-0.39, 0.29) is 17.8 Å². The Morgan fingerprint density at radius 1 is 1.32 bits per heavy atom. The van der Waals surface area contributed by atoms with Crippen LogP contribution in [0.4, 0.5) is 10.1 Å².